The van der Waals surface area contributed by atoms with Gasteiger partial charge in [0.25, 0.3) is 0 Å². The van der Waals surface area contributed by atoms with Crippen LogP contribution in [0.25, 0.3) is 56.3 Å². The van der Waals surface area contributed by atoms with Crippen LogP contribution >= 0.6 is 0 Å². The molecule has 0 saturated heterocycles. The summed E-state index contributed by atoms with van der Waals surface area (Å²) in [5, 5.41) is 17.1. The molecule has 4 aromatic carbocycles. The van der Waals surface area contributed by atoms with Gasteiger partial charge in [0, 0.05) is 22.3 Å². The highest BCUT2D eigenvalue weighted by molar-refractivity contribution is 5.89. The summed E-state index contributed by atoms with van der Waals surface area (Å²) in [5.41, 5.74) is 3.96. The Hall–Kier alpha value is -4.58. The molecule has 6 heteroatoms. The number of nitrogens with zero attached hydrogens (tertiary/aromatic N) is 4. The van der Waals surface area contributed by atoms with Crippen LogP contribution in [0.1, 0.15) is 0 Å². The second kappa shape index (κ2) is 7.59. The van der Waals surface area contributed by atoms with Crippen molar-refractivity contribution >= 4 is 10.8 Å². The fraction of sp³-hybridized carbons (Fsp3) is 0. The number of benzene rings is 4. The van der Waals surface area contributed by atoms with E-state index in [1.807, 2.05) is 72.8 Å². The minimum absolute atomic E-state index is 0.677. The van der Waals surface area contributed by atoms with E-state index >= 15 is 0 Å². The molecule has 0 bridgehead atoms. The van der Waals surface area contributed by atoms with Crippen LogP contribution in [-0.4, -0.2) is 30.4 Å². The third-order valence-electron chi connectivity index (χ3n) is 5.42. The molecular weight excluding hydrogens is 396 g/mol. The highest BCUT2D eigenvalue weighted by Gasteiger charge is 2.11. The molecule has 6 rings (SSSR count). The Kier molecular flexibility index (Phi) is 4.32. The van der Waals surface area contributed by atoms with Crippen LogP contribution in [0.2, 0.25) is 0 Å². The largest absolute Gasteiger partial charge is 0.259 e. The Morgan fingerprint density at radius 2 is 0.875 bits per heavy atom. The number of hydrogen-bond donors (Lipinski definition) is 2. The molecule has 2 aromatic heterocycles. The zero-order valence-electron chi connectivity index (χ0n) is 17.0. The highest BCUT2D eigenvalue weighted by atomic mass is 15.2. The first kappa shape index (κ1) is 18.2. The van der Waals surface area contributed by atoms with Gasteiger partial charge in [-0.3, -0.25) is 10.2 Å². The van der Waals surface area contributed by atoms with Crippen molar-refractivity contribution in [2.75, 3.05) is 0 Å². The third kappa shape index (κ3) is 3.33. The van der Waals surface area contributed by atoms with Crippen molar-refractivity contribution in [2.24, 2.45) is 0 Å². The van der Waals surface area contributed by atoms with Crippen LogP contribution in [0.5, 0.6) is 0 Å². The molecule has 0 amide bonds. The maximum atomic E-state index is 4.66. The van der Waals surface area contributed by atoms with Crippen molar-refractivity contribution in [3.05, 3.63) is 97.1 Å². The molecule has 0 fully saturated rings. The Morgan fingerprint density at radius 1 is 0.438 bits per heavy atom. The summed E-state index contributed by atoms with van der Waals surface area (Å²) in [4.78, 5) is 9.33. The van der Waals surface area contributed by atoms with E-state index in [0.717, 1.165) is 44.7 Å². The predicted molar refractivity (Wildman–Crippen MR) is 126 cm³/mol. The van der Waals surface area contributed by atoms with Gasteiger partial charge in [0.1, 0.15) is 0 Å². The number of nitrogens with one attached hydrogen (secondary N) is 2. The van der Waals surface area contributed by atoms with E-state index in [1.165, 1.54) is 0 Å². The molecule has 0 atom stereocenters. The van der Waals surface area contributed by atoms with Crippen LogP contribution in [0.3, 0.4) is 0 Å². The second-order valence-electron chi connectivity index (χ2n) is 7.52. The molecule has 0 aliphatic carbocycles. The number of aromatic amines is 2. The van der Waals surface area contributed by atoms with Crippen molar-refractivity contribution in [2.45, 2.75) is 0 Å². The van der Waals surface area contributed by atoms with E-state index in [4.69, 9.17) is 0 Å². The number of H-pyrrole nitrogens is 2. The summed E-state index contributed by atoms with van der Waals surface area (Å²) in [7, 11) is 0. The van der Waals surface area contributed by atoms with Crippen LogP contribution in [0, 0.1) is 0 Å². The monoisotopic (exact) mass is 414 g/mol. The fourth-order valence-corrected chi connectivity index (χ4v) is 3.76. The topological polar surface area (TPSA) is 83.1 Å². The fourth-order valence-electron chi connectivity index (χ4n) is 3.76. The summed E-state index contributed by atoms with van der Waals surface area (Å²) in [5.74, 6) is 2.87. The van der Waals surface area contributed by atoms with Gasteiger partial charge in [-0.25, -0.2) is 9.97 Å². The lowest BCUT2D eigenvalue weighted by molar-refractivity contribution is 1.10. The van der Waals surface area contributed by atoms with E-state index in [2.05, 4.69) is 54.6 Å². The first-order valence-electron chi connectivity index (χ1n) is 10.3. The van der Waals surface area contributed by atoms with E-state index in [-0.39, 0.29) is 0 Å². The minimum atomic E-state index is 0.677. The quantitative estimate of drug-likeness (QED) is 0.385. The maximum absolute atomic E-state index is 4.66. The molecule has 0 aliphatic rings. The average molecular weight is 414 g/mol. The SMILES string of the molecule is c1ccc(-c2nc(-c3ccc4cc(-c5n[nH]c(-c6ccccc6)n5)ccc4c3)n[nH]2)cc1. The number of aromatic nitrogens is 6. The molecule has 2 heterocycles. The molecule has 0 aliphatic heterocycles. The Balaban J connectivity index is 1.31. The van der Waals surface area contributed by atoms with Gasteiger partial charge >= 0.3 is 0 Å². The Morgan fingerprint density at radius 3 is 1.31 bits per heavy atom. The van der Waals surface area contributed by atoms with Gasteiger partial charge in [-0.05, 0) is 22.9 Å². The van der Waals surface area contributed by atoms with Gasteiger partial charge in [-0.2, -0.15) is 10.2 Å². The number of fused-ring (bicyclic) bond motifs is 1. The summed E-state index contributed by atoms with van der Waals surface area (Å²) in [6.07, 6.45) is 0. The number of rotatable bonds is 4. The predicted octanol–water partition coefficient (Wildman–Crippen LogP) is 5.74. The normalized spacial score (nSPS) is 11.1. The maximum Gasteiger partial charge on any atom is 0.181 e. The van der Waals surface area contributed by atoms with Crippen molar-refractivity contribution in [3.8, 4) is 45.6 Å². The van der Waals surface area contributed by atoms with Gasteiger partial charge < -0.3 is 0 Å². The van der Waals surface area contributed by atoms with E-state index in [9.17, 15) is 0 Å². The Bertz CT molecular complexity index is 1400. The van der Waals surface area contributed by atoms with Gasteiger partial charge in [0.2, 0.25) is 0 Å². The lowest BCUT2D eigenvalue weighted by atomic mass is 10.0. The van der Waals surface area contributed by atoms with Crippen molar-refractivity contribution in [1.29, 1.82) is 0 Å². The van der Waals surface area contributed by atoms with Crippen LogP contribution in [0.4, 0.5) is 0 Å². The molecule has 2 N–H and O–H groups in total. The molecule has 6 nitrogen and oxygen atoms in total. The zero-order valence-corrected chi connectivity index (χ0v) is 17.0. The Labute approximate surface area is 184 Å². The van der Waals surface area contributed by atoms with Crippen molar-refractivity contribution < 1.29 is 0 Å². The van der Waals surface area contributed by atoms with Crippen LogP contribution < -0.4 is 0 Å². The second-order valence-corrected chi connectivity index (χ2v) is 7.52. The van der Waals surface area contributed by atoms with Gasteiger partial charge in [-0.1, -0.05) is 84.9 Å². The van der Waals surface area contributed by atoms with Gasteiger partial charge in [0.15, 0.2) is 23.3 Å². The third-order valence-corrected chi connectivity index (χ3v) is 5.42. The summed E-state index contributed by atoms with van der Waals surface area (Å²) < 4.78 is 0. The molecule has 32 heavy (non-hydrogen) atoms. The standard InChI is InChI=1S/C26H18N6/c1-3-7-17(8-4-1)23-27-25(31-29-23)21-13-11-20-16-22(14-12-19(20)15-21)26-28-24(30-32-26)18-9-5-2-6-10-18/h1-16H,(H,27,29,31)(H,28,30,32). The molecule has 152 valence electrons. The lowest BCUT2D eigenvalue weighted by Gasteiger charge is -2.03. The van der Waals surface area contributed by atoms with E-state index in [0.29, 0.717) is 11.6 Å². The lowest BCUT2D eigenvalue weighted by Crippen LogP contribution is -1.85. The van der Waals surface area contributed by atoms with Crippen LogP contribution in [-0.2, 0) is 0 Å². The first-order chi connectivity index (χ1) is 15.8. The highest BCUT2D eigenvalue weighted by Crippen LogP contribution is 2.28. The summed E-state index contributed by atoms with van der Waals surface area (Å²) in [6.45, 7) is 0. The zero-order chi connectivity index (χ0) is 21.3. The molecule has 0 saturated carbocycles. The summed E-state index contributed by atoms with van der Waals surface area (Å²) >= 11 is 0. The van der Waals surface area contributed by atoms with Crippen LogP contribution in [0.15, 0.2) is 97.1 Å². The van der Waals surface area contributed by atoms with E-state index in [1.54, 1.807) is 0 Å². The average Bonchev–Trinajstić information content (AvgIpc) is 3.55. The molecule has 6 aromatic rings. The molecular formula is C26H18N6. The van der Waals surface area contributed by atoms with Gasteiger partial charge in [0.05, 0.1) is 0 Å². The van der Waals surface area contributed by atoms with Gasteiger partial charge in [-0.15, -0.1) is 0 Å². The number of hydrogen-bond acceptors (Lipinski definition) is 4. The summed E-state index contributed by atoms with van der Waals surface area (Å²) in [6, 6.07) is 32.4. The minimum Gasteiger partial charge on any atom is -0.259 e. The molecule has 0 radical (unpaired) electrons. The smallest absolute Gasteiger partial charge is 0.181 e. The van der Waals surface area contributed by atoms with Crippen molar-refractivity contribution in [3.63, 3.8) is 0 Å². The molecule has 0 unspecified atom stereocenters. The molecule has 0 spiro atoms. The van der Waals surface area contributed by atoms with E-state index < -0.39 is 0 Å². The van der Waals surface area contributed by atoms with Crippen molar-refractivity contribution in [1.82, 2.24) is 30.4 Å². The first-order valence-corrected chi connectivity index (χ1v) is 10.3.